The fraction of sp³-hybridized carbons (Fsp3) is 0.300. The largest absolute Gasteiger partial charge is 0.481 e. The summed E-state index contributed by atoms with van der Waals surface area (Å²) in [6.45, 7) is 3.20. The van der Waals surface area contributed by atoms with Crippen LogP contribution in [0.2, 0.25) is 0 Å². The van der Waals surface area contributed by atoms with E-state index in [2.05, 4.69) is 11.4 Å². The van der Waals surface area contributed by atoms with Gasteiger partial charge in [0.25, 0.3) is 5.91 Å². The Kier molecular flexibility index (Phi) is 4.65. The summed E-state index contributed by atoms with van der Waals surface area (Å²) in [6.07, 6.45) is 2.72. The summed E-state index contributed by atoms with van der Waals surface area (Å²) < 4.78 is 5.67. The molecule has 0 spiro atoms. The number of nitrogens with one attached hydrogen (secondary N) is 1. The molecule has 2 aromatic rings. The number of hydrogen-bond donors (Lipinski definition) is 1. The van der Waals surface area contributed by atoms with Crippen molar-refractivity contribution in [3.8, 4) is 5.75 Å². The third-order valence-corrected chi connectivity index (χ3v) is 4.29. The van der Waals surface area contributed by atoms with E-state index in [-0.39, 0.29) is 11.7 Å². The number of rotatable bonds is 5. The summed E-state index contributed by atoms with van der Waals surface area (Å²) in [7, 11) is 0. The Morgan fingerprint density at radius 1 is 1.08 bits per heavy atom. The van der Waals surface area contributed by atoms with Crippen molar-refractivity contribution in [3.05, 3.63) is 59.2 Å². The normalized spacial score (nSPS) is 13.9. The van der Waals surface area contributed by atoms with Crippen LogP contribution >= 0.6 is 0 Å². The second-order valence-corrected chi connectivity index (χ2v) is 6.17. The second-order valence-electron chi connectivity index (χ2n) is 6.17. The Balaban J connectivity index is 1.64. The minimum atomic E-state index is -0.652. The SMILES string of the molecule is CC(=O)c1cccc(O[C@H](C)C(=O)Nc2ccc3c(c2)CCC3)c1. The summed E-state index contributed by atoms with van der Waals surface area (Å²) in [6, 6.07) is 12.9. The molecule has 3 rings (SSSR count). The van der Waals surface area contributed by atoms with E-state index in [4.69, 9.17) is 4.74 Å². The van der Waals surface area contributed by atoms with E-state index in [0.717, 1.165) is 18.5 Å². The molecule has 1 atom stereocenters. The maximum Gasteiger partial charge on any atom is 0.265 e. The van der Waals surface area contributed by atoms with Gasteiger partial charge in [-0.05, 0) is 68.5 Å². The van der Waals surface area contributed by atoms with Crippen LogP contribution < -0.4 is 10.1 Å². The predicted molar refractivity (Wildman–Crippen MR) is 93.6 cm³/mol. The lowest BCUT2D eigenvalue weighted by Crippen LogP contribution is -2.30. The number of hydrogen-bond acceptors (Lipinski definition) is 3. The molecule has 24 heavy (non-hydrogen) atoms. The number of aryl methyl sites for hydroxylation is 2. The van der Waals surface area contributed by atoms with Gasteiger partial charge in [0.1, 0.15) is 5.75 Å². The van der Waals surface area contributed by atoms with E-state index in [9.17, 15) is 9.59 Å². The van der Waals surface area contributed by atoms with Crippen molar-refractivity contribution in [1.82, 2.24) is 0 Å². The fourth-order valence-corrected chi connectivity index (χ4v) is 2.94. The molecule has 1 aliphatic carbocycles. The molecule has 0 unspecified atom stereocenters. The van der Waals surface area contributed by atoms with E-state index in [1.165, 1.54) is 24.5 Å². The number of amides is 1. The number of ether oxygens (including phenoxy) is 1. The van der Waals surface area contributed by atoms with Gasteiger partial charge in [0.15, 0.2) is 11.9 Å². The highest BCUT2D eigenvalue weighted by molar-refractivity contribution is 5.95. The molecule has 0 aliphatic heterocycles. The van der Waals surface area contributed by atoms with Crippen molar-refractivity contribution in [2.24, 2.45) is 0 Å². The minimum Gasteiger partial charge on any atom is -0.481 e. The molecule has 1 N–H and O–H groups in total. The van der Waals surface area contributed by atoms with Gasteiger partial charge in [-0.15, -0.1) is 0 Å². The van der Waals surface area contributed by atoms with E-state index in [1.807, 2.05) is 12.1 Å². The average molecular weight is 323 g/mol. The fourth-order valence-electron chi connectivity index (χ4n) is 2.94. The predicted octanol–water partition coefficient (Wildman–Crippen LogP) is 3.78. The van der Waals surface area contributed by atoms with Crippen LogP contribution in [0.25, 0.3) is 0 Å². The van der Waals surface area contributed by atoms with Crippen molar-refractivity contribution in [2.75, 3.05) is 5.32 Å². The zero-order chi connectivity index (χ0) is 17.1. The minimum absolute atomic E-state index is 0.0318. The average Bonchev–Trinajstić information content (AvgIpc) is 3.02. The number of Topliss-reactive ketones (excluding diaryl/α,β-unsaturated/α-hetero) is 1. The van der Waals surface area contributed by atoms with Crippen LogP contribution in [-0.4, -0.2) is 17.8 Å². The zero-order valence-corrected chi connectivity index (χ0v) is 14.0. The first-order chi connectivity index (χ1) is 11.5. The molecule has 1 amide bonds. The first-order valence-electron chi connectivity index (χ1n) is 8.23. The monoisotopic (exact) mass is 323 g/mol. The van der Waals surface area contributed by atoms with Crippen molar-refractivity contribution in [2.45, 2.75) is 39.2 Å². The molecule has 0 saturated carbocycles. The van der Waals surface area contributed by atoms with E-state index in [1.54, 1.807) is 31.2 Å². The summed E-state index contributed by atoms with van der Waals surface area (Å²) in [5.74, 6) is 0.274. The molecule has 2 aromatic carbocycles. The van der Waals surface area contributed by atoms with Gasteiger partial charge in [0, 0.05) is 11.3 Å². The quantitative estimate of drug-likeness (QED) is 0.852. The van der Waals surface area contributed by atoms with Gasteiger partial charge in [-0.1, -0.05) is 18.2 Å². The Morgan fingerprint density at radius 2 is 1.88 bits per heavy atom. The van der Waals surface area contributed by atoms with Crippen molar-refractivity contribution in [1.29, 1.82) is 0 Å². The van der Waals surface area contributed by atoms with E-state index in [0.29, 0.717) is 11.3 Å². The van der Waals surface area contributed by atoms with Gasteiger partial charge >= 0.3 is 0 Å². The second kappa shape index (κ2) is 6.87. The van der Waals surface area contributed by atoms with Gasteiger partial charge in [-0.25, -0.2) is 0 Å². The lowest BCUT2D eigenvalue weighted by atomic mass is 10.1. The van der Waals surface area contributed by atoms with Crippen LogP contribution in [-0.2, 0) is 17.6 Å². The van der Waals surface area contributed by atoms with Crippen molar-refractivity contribution < 1.29 is 14.3 Å². The highest BCUT2D eigenvalue weighted by atomic mass is 16.5. The van der Waals surface area contributed by atoms with Gasteiger partial charge in [-0.2, -0.15) is 0 Å². The first-order valence-corrected chi connectivity index (χ1v) is 8.23. The van der Waals surface area contributed by atoms with Crippen molar-refractivity contribution in [3.63, 3.8) is 0 Å². The number of carbonyl (C=O) groups excluding carboxylic acids is 2. The molecule has 0 fully saturated rings. The van der Waals surface area contributed by atoms with Crippen LogP contribution in [0.15, 0.2) is 42.5 Å². The van der Waals surface area contributed by atoms with Crippen LogP contribution in [0.4, 0.5) is 5.69 Å². The standard InChI is InChI=1S/C20H21NO3/c1-13(22)16-6-4-8-19(12-16)24-14(2)20(23)21-18-10-9-15-5-3-7-17(15)11-18/h4,6,8-12,14H,3,5,7H2,1-2H3,(H,21,23)/t14-/m1/s1. The van der Waals surface area contributed by atoms with Crippen LogP contribution in [0.5, 0.6) is 5.75 Å². The maximum absolute atomic E-state index is 12.3. The summed E-state index contributed by atoms with van der Waals surface area (Å²) in [5.41, 5.74) is 4.06. The highest BCUT2D eigenvalue weighted by Crippen LogP contribution is 2.25. The van der Waals surface area contributed by atoms with E-state index >= 15 is 0 Å². The smallest absolute Gasteiger partial charge is 0.265 e. The van der Waals surface area contributed by atoms with Gasteiger partial charge in [0.2, 0.25) is 0 Å². The molecule has 1 aliphatic rings. The Bertz CT molecular complexity index is 782. The molecule has 0 heterocycles. The third-order valence-electron chi connectivity index (χ3n) is 4.29. The van der Waals surface area contributed by atoms with Crippen LogP contribution in [0, 0.1) is 0 Å². The number of carbonyl (C=O) groups is 2. The topological polar surface area (TPSA) is 55.4 Å². The zero-order valence-electron chi connectivity index (χ0n) is 14.0. The maximum atomic E-state index is 12.3. The van der Waals surface area contributed by atoms with Gasteiger partial charge in [0.05, 0.1) is 0 Å². The first kappa shape index (κ1) is 16.2. The Labute approximate surface area is 141 Å². The van der Waals surface area contributed by atoms with E-state index < -0.39 is 6.10 Å². The number of ketones is 1. The molecule has 4 heteroatoms. The number of benzene rings is 2. The molecule has 4 nitrogen and oxygen atoms in total. The van der Waals surface area contributed by atoms with Crippen LogP contribution in [0.3, 0.4) is 0 Å². The van der Waals surface area contributed by atoms with Crippen molar-refractivity contribution >= 4 is 17.4 Å². The lowest BCUT2D eigenvalue weighted by Gasteiger charge is -2.15. The molecule has 0 aromatic heterocycles. The molecular formula is C20H21NO3. The molecular weight excluding hydrogens is 302 g/mol. The molecule has 0 radical (unpaired) electrons. The Hall–Kier alpha value is -2.62. The summed E-state index contributed by atoms with van der Waals surface area (Å²) in [5, 5.41) is 2.90. The highest BCUT2D eigenvalue weighted by Gasteiger charge is 2.17. The number of anilines is 1. The molecule has 0 bridgehead atoms. The molecule has 124 valence electrons. The lowest BCUT2D eigenvalue weighted by molar-refractivity contribution is -0.122. The van der Waals surface area contributed by atoms with Gasteiger partial charge in [-0.3, -0.25) is 9.59 Å². The summed E-state index contributed by atoms with van der Waals surface area (Å²) in [4.78, 5) is 23.7. The third kappa shape index (κ3) is 3.65. The van der Waals surface area contributed by atoms with Gasteiger partial charge < -0.3 is 10.1 Å². The Morgan fingerprint density at radius 3 is 2.67 bits per heavy atom. The van der Waals surface area contributed by atoms with Crippen LogP contribution in [0.1, 0.15) is 41.8 Å². The molecule has 0 saturated heterocycles. The summed E-state index contributed by atoms with van der Waals surface area (Å²) >= 11 is 0. The number of fused-ring (bicyclic) bond motifs is 1.